The standard InChI is InChI=1S/C8H7ClN2/c1-5-8-6(2-3-10-8)7(9)4-11-5/h2-5H,1H3. The van der Waals surface area contributed by atoms with E-state index in [2.05, 4.69) is 9.98 Å². The van der Waals surface area contributed by atoms with Gasteiger partial charge in [0, 0.05) is 18.0 Å². The van der Waals surface area contributed by atoms with Crippen LogP contribution in [0.4, 0.5) is 0 Å². The summed E-state index contributed by atoms with van der Waals surface area (Å²) in [6, 6.07) is 0.155. The molecule has 0 fully saturated rings. The molecule has 0 aromatic rings. The molecule has 11 heavy (non-hydrogen) atoms. The summed E-state index contributed by atoms with van der Waals surface area (Å²) in [6.07, 6.45) is 5.37. The van der Waals surface area contributed by atoms with Crippen molar-refractivity contribution in [3.8, 4) is 0 Å². The van der Waals surface area contributed by atoms with E-state index in [0.717, 1.165) is 11.3 Å². The molecule has 3 heteroatoms. The van der Waals surface area contributed by atoms with Crippen LogP contribution in [0.2, 0.25) is 0 Å². The van der Waals surface area contributed by atoms with Crippen molar-refractivity contribution in [2.75, 3.05) is 0 Å². The fraction of sp³-hybridized carbons (Fsp3) is 0.250. The molecule has 2 aliphatic rings. The lowest BCUT2D eigenvalue weighted by molar-refractivity contribution is 0.976. The Morgan fingerprint density at radius 3 is 3.09 bits per heavy atom. The first-order chi connectivity index (χ1) is 5.29. The highest BCUT2D eigenvalue weighted by molar-refractivity contribution is 6.43. The van der Waals surface area contributed by atoms with Gasteiger partial charge in [-0.25, -0.2) is 0 Å². The zero-order valence-electron chi connectivity index (χ0n) is 6.08. The molecular weight excluding hydrogens is 160 g/mol. The number of dihydropyridines is 1. The van der Waals surface area contributed by atoms with Crippen molar-refractivity contribution >= 4 is 23.5 Å². The molecule has 0 aromatic heterocycles. The number of halogens is 1. The maximum atomic E-state index is 5.88. The van der Waals surface area contributed by atoms with E-state index in [9.17, 15) is 0 Å². The van der Waals surface area contributed by atoms with Crippen molar-refractivity contribution in [2.24, 2.45) is 9.98 Å². The quantitative estimate of drug-likeness (QED) is 0.525. The Bertz CT molecular complexity index is 310. The SMILES string of the molecule is CC1N=CC(Cl)=C2C=CN=C21. The molecule has 1 atom stereocenters. The predicted octanol–water partition coefficient (Wildman–Crippen LogP) is 1.92. The van der Waals surface area contributed by atoms with E-state index in [1.54, 1.807) is 12.4 Å². The number of aliphatic imine (C=N–C) groups is 2. The van der Waals surface area contributed by atoms with Crippen molar-refractivity contribution in [3.05, 3.63) is 22.9 Å². The van der Waals surface area contributed by atoms with Gasteiger partial charge in [-0.3, -0.25) is 9.98 Å². The molecule has 0 saturated heterocycles. The minimum Gasteiger partial charge on any atom is -0.282 e. The maximum Gasteiger partial charge on any atom is 0.0898 e. The summed E-state index contributed by atoms with van der Waals surface area (Å²) >= 11 is 5.88. The molecule has 2 nitrogen and oxygen atoms in total. The van der Waals surface area contributed by atoms with Crippen LogP contribution in [-0.2, 0) is 0 Å². The van der Waals surface area contributed by atoms with E-state index < -0.39 is 0 Å². The van der Waals surface area contributed by atoms with Crippen LogP contribution in [0.1, 0.15) is 6.92 Å². The van der Waals surface area contributed by atoms with Gasteiger partial charge in [0.25, 0.3) is 0 Å². The van der Waals surface area contributed by atoms with E-state index in [-0.39, 0.29) is 6.04 Å². The van der Waals surface area contributed by atoms with Crippen LogP contribution in [0.3, 0.4) is 0 Å². The smallest absolute Gasteiger partial charge is 0.0898 e. The lowest BCUT2D eigenvalue weighted by Gasteiger charge is -2.13. The van der Waals surface area contributed by atoms with E-state index >= 15 is 0 Å². The Hall–Kier alpha value is -0.890. The predicted molar refractivity (Wildman–Crippen MR) is 47.4 cm³/mol. The molecule has 0 spiro atoms. The minimum atomic E-state index is 0.155. The monoisotopic (exact) mass is 166 g/mol. The van der Waals surface area contributed by atoms with Gasteiger partial charge in [0.05, 0.1) is 16.8 Å². The Labute approximate surface area is 70.0 Å². The number of nitrogens with zero attached hydrogens (tertiary/aromatic N) is 2. The highest BCUT2D eigenvalue weighted by Crippen LogP contribution is 2.22. The third-order valence-electron chi connectivity index (χ3n) is 1.80. The first-order valence-corrected chi connectivity index (χ1v) is 3.84. The van der Waals surface area contributed by atoms with E-state index in [0.29, 0.717) is 5.03 Å². The molecule has 56 valence electrons. The number of hydrogen-bond donors (Lipinski definition) is 0. The summed E-state index contributed by atoms with van der Waals surface area (Å²) in [4.78, 5) is 8.34. The molecule has 1 unspecified atom stereocenters. The zero-order chi connectivity index (χ0) is 7.84. The van der Waals surface area contributed by atoms with Gasteiger partial charge in [-0.2, -0.15) is 0 Å². The summed E-state index contributed by atoms with van der Waals surface area (Å²) < 4.78 is 0. The molecule has 0 aromatic carbocycles. The summed E-state index contributed by atoms with van der Waals surface area (Å²) in [5.74, 6) is 0. The van der Waals surface area contributed by atoms with Crippen molar-refractivity contribution < 1.29 is 0 Å². The largest absolute Gasteiger partial charge is 0.282 e. The van der Waals surface area contributed by atoms with Gasteiger partial charge in [0.15, 0.2) is 0 Å². The van der Waals surface area contributed by atoms with Crippen molar-refractivity contribution in [3.63, 3.8) is 0 Å². The second kappa shape index (κ2) is 2.31. The fourth-order valence-corrected chi connectivity index (χ4v) is 1.42. The average Bonchev–Trinajstić information content (AvgIpc) is 2.45. The Balaban J connectivity index is 2.52. The van der Waals surface area contributed by atoms with Crippen LogP contribution in [0.25, 0.3) is 0 Å². The third kappa shape index (κ3) is 0.942. The van der Waals surface area contributed by atoms with Crippen LogP contribution >= 0.6 is 11.6 Å². The normalized spacial score (nSPS) is 27.5. The summed E-state index contributed by atoms with van der Waals surface area (Å²) in [7, 11) is 0. The number of hydrogen-bond acceptors (Lipinski definition) is 2. The molecule has 0 saturated carbocycles. The maximum absolute atomic E-state index is 5.88. The molecule has 0 amide bonds. The minimum absolute atomic E-state index is 0.155. The van der Waals surface area contributed by atoms with Gasteiger partial charge in [-0.1, -0.05) is 11.6 Å². The van der Waals surface area contributed by atoms with Crippen LogP contribution in [0.5, 0.6) is 0 Å². The lowest BCUT2D eigenvalue weighted by atomic mass is 10.0. The molecule has 2 heterocycles. The van der Waals surface area contributed by atoms with Crippen molar-refractivity contribution in [1.29, 1.82) is 0 Å². The molecule has 2 rings (SSSR count). The Morgan fingerprint density at radius 2 is 2.36 bits per heavy atom. The molecule has 0 bridgehead atoms. The third-order valence-corrected chi connectivity index (χ3v) is 2.10. The molecule has 0 N–H and O–H groups in total. The van der Waals surface area contributed by atoms with Gasteiger partial charge < -0.3 is 0 Å². The first-order valence-electron chi connectivity index (χ1n) is 3.46. The fourth-order valence-electron chi connectivity index (χ4n) is 1.20. The van der Waals surface area contributed by atoms with Gasteiger partial charge in [0.2, 0.25) is 0 Å². The van der Waals surface area contributed by atoms with Gasteiger partial charge in [-0.15, -0.1) is 0 Å². The van der Waals surface area contributed by atoms with E-state index in [4.69, 9.17) is 11.6 Å². The highest BCUT2D eigenvalue weighted by atomic mass is 35.5. The molecule has 0 radical (unpaired) electrons. The number of rotatable bonds is 0. The van der Waals surface area contributed by atoms with Crippen molar-refractivity contribution in [1.82, 2.24) is 0 Å². The molecular formula is C8H7ClN2. The second-order valence-electron chi connectivity index (χ2n) is 2.55. The zero-order valence-corrected chi connectivity index (χ0v) is 6.84. The number of allylic oxidation sites excluding steroid dienone is 2. The van der Waals surface area contributed by atoms with Crippen LogP contribution < -0.4 is 0 Å². The molecule has 0 aliphatic carbocycles. The number of fused-ring (bicyclic) bond motifs is 1. The van der Waals surface area contributed by atoms with Gasteiger partial charge in [0.1, 0.15) is 0 Å². The summed E-state index contributed by atoms with van der Waals surface area (Å²) in [6.45, 7) is 2.01. The first kappa shape index (κ1) is 6.80. The average molecular weight is 167 g/mol. The Kier molecular flexibility index (Phi) is 1.43. The summed E-state index contributed by atoms with van der Waals surface area (Å²) in [5, 5.41) is 0.690. The summed E-state index contributed by atoms with van der Waals surface area (Å²) in [5.41, 5.74) is 2.01. The van der Waals surface area contributed by atoms with Gasteiger partial charge in [-0.05, 0) is 13.0 Å². The van der Waals surface area contributed by atoms with Crippen LogP contribution in [0.15, 0.2) is 32.9 Å². The van der Waals surface area contributed by atoms with Crippen LogP contribution in [-0.4, -0.2) is 18.0 Å². The lowest BCUT2D eigenvalue weighted by Crippen LogP contribution is -2.19. The van der Waals surface area contributed by atoms with Gasteiger partial charge >= 0.3 is 0 Å². The van der Waals surface area contributed by atoms with E-state index in [1.807, 2.05) is 13.0 Å². The topological polar surface area (TPSA) is 24.7 Å². The van der Waals surface area contributed by atoms with Crippen molar-refractivity contribution in [2.45, 2.75) is 13.0 Å². The van der Waals surface area contributed by atoms with Crippen LogP contribution in [0, 0.1) is 0 Å². The highest BCUT2D eigenvalue weighted by Gasteiger charge is 2.21. The molecule has 2 aliphatic heterocycles. The Morgan fingerprint density at radius 1 is 1.55 bits per heavy atom. The second-order valence-corrected chi connectivity index (χ2v) is 2.95. The van der Waals surface area contributed by atoms with E-state index in [1.165, 1.54) is 0 Å².